The van der Waals surface area contributed by atoms with Crippen LogP contribution in [0.15, 0.2) is 0 Å². The van der Waals surface area contributed by atoms with Crippen LogP contribution < -0.4 is 11.1 Å². The van der Waals surface area contributed by atoms with Crippen LogP contribution in [0.4, 0.5) is 13.2 Å². The van der Waals surface area contributed by atoms with Gasteiger partial charge in [0, 0.05) is 19.0 Å². The molecule has 0 aliphatic rings. The molecule has 0 spiro atoms. The molecule has 0 saturated heterocycles. The molecule has 1 atom stereocenters. The molecule has 0 aliphatic heterocycles. The Bertz CT molecular complexity index is 192. The van der Waals surface area contributed by atoms with E-state index in [1.165, 1.54) is 0 Å². The van der Waals surface area contributed by atoms with Crippen LogP contribution >= 0.6 is 0 Å². The highest BCUT2D eigenvalue weighted by molar-refractivity contribution is 5.75. The number of carbonyl (C=O) groups is 1. The highest BCUT2D eigenvalue weighted by Crippen LogP contribution is 2.20. The van der Waals surface area contributed by atoms with Crippen molar-refractivity contribution in [3.63, 3.8) is 0 Å². The maximum absolute atomic E-state index is 11.7. The Hall–Kier alpha value is -0.780. The lowest BCUT2D eigenvalue weighted by atomic mass is 10.2. The van der Waals surface area contributed by atoms with E-state index in [2.05, 4.69) is 5.32 Å². The first-order chi connectivity index (χ1) is 6.81. The molecule has 3 N–H and O–H groups in total. The summed E-state index contributed by atoms with van der Waals surface area (Å²) in [5.41, 5.74) is 5.46. The molecule has 0 aliphatic carbocycles. The average molecular weight is 226 g/mol. The maximum atomic E-state index is 11.7. The van der Waals surface area contributed by atoms with E-state index in [0.29, 0.717) is 13.0 Å². The minimum Gasteiger partial charge on any atom is -0.356 e. The fourth-order valence-electron chi connectivity index (χ4n) is 0.996. The van der Waals surface area contributed by atoms with Gasteiger partial charge in [-0.25, -0.2) is 0 Å². The fourth-order valence-corrected chi connectivity index (χ4v) is 0.996. The zero-order valence-electron chi connectivity index (χ0n) is 8.73. The van der Waals surface area contributed by atoms with Gasteiger partial charge in [-0.3, -0.25) is 4.79 Å². The van der Waals surface area contributed by atoms with Crippen molar-refractivity contribution in [2.45, 2.75) is 44.8 Å². The van der Waals surface area contributed by atoms with Crippen LogP contribution in [0.2, 0.25) is 0 Å². The van der Waals surface area contributed by atoms with Crippen molar-refractivity contribution >= 4 is 5.91 Å². The standard InChI is InChI=1S/C9H17F3N2O/c1-7(13)3-2-6-14-8(15)4-5-9(10,11)12/h7H,2-6,13H2,1H3,(H,14,15). The Kier molecular flexibility index (Phi) is 6.31. The van der Waals surface area contributed by atoms with Gasteiger partial charge in [0.05, 0.1) is 6.42 Å². The molecular weight excluding hydrogens is 209 g/mol. The summed E-state index contributed by atoms with van der Waals surface area (Å²) >= 11 is 0. The third-order valence-electron chi connectivity index (χ3n) is 1.79. The van der Waals surface area contributed by atoms with Gasteiger partial charge in [-0.2, -0.15) is 13.2 Å². The van der Waals surface area contributed by atoms with Gasteiger partial charge in [0.15, 0.2) is 0 Å². The predicted octanol–water partition coefficient (Wildman–Crippen LogP) is 1.57. The topological polar surface area (TPSA) is 55.1 Å². The second-order valence-corrected chi connectivity index (χ2v) is 3.58. The Morgan fingerprint density at radius 1 is 1.47 bits per heavy atom. The van der Waals surface area contributed by atoms with E-state index in [1.807, 2.05) is 6.92 Å². The summed E-state index contributed by atoms with van der Waals surface area (Å²) in [5, 5.41) is 2.42. The van der Waals surface area contributed by atoms with Gasteiger partial charge in [-0.1, -0.05) is 0 Å². The van der Waals surface area contributed by atoms with E-state index >= 15 is 0 Å². The van der Waals surface area contributed by atoms with Crippen LogP contribution in [-0.4, -0.2) is 24.7 Å². The third-order valence-corrected chi connectivity index (χ3v) is 1.79. The quantitative estimate of drug-likeness (QED) is 0.675. The Morgan fingerprint density at radius 3 is 2.53 bits per heavy atom. The number of hydrogen-bond donors (Lipinski definition) is 2. The maximum Gasteiger partial charge on any atom is 0.389 e. The van der Waals surface area contributed by atoms with Crippen molar-refractivity contribution in [3.8, 4) is 0 Å². The molecule has 1 amide bonds. The van der Waals surface area contributed by atoms with Crippen LogP contribution in [0.3, 0.4) is 0 Å². The number of nitrogens with one attached hydrogen (secondary N) is 1. The number of rotatable bonds is 6. The summed E-state index contributed by atoms with van der Waals surface area (Å²) in [7, 11) is 0. The van der Waals surface area contributed by atoms with Crippen LogP contribution in [0, 0.1) is 0 Å². The summed E-state index contributed by atoms with van der Waals surface area (Å²) in [5.74, 6) is -0.558. The van der Waals surface area contributed by atoms with Crippen molar-refractivity contribution in [1.82, 2.24) is 5.32 Å². The van der Waals surface area contributed by atoms with Crippen LogP contribution in [0.5, 0.6) is 0 Å². The second kappa shape index (κ2) is 6.66. The largest absolute Gasteiger partial charge is 0.389 e. The van der Waals surface area contributed by atoms with Gasteiger partial charge in [-0.15, -0.1) is 0 Å². The molecule has 0 heterocycles. The van der Waals surface area contributed by atoms with Crippen molar-refractivity contribution in [3.05, 3.63) is 0 Å². The molecule has 90 valence electrons. The molecule has 6 heteroatoms. The molecule has 0 rings (SSSR count). The lowest BCUT2D eigenvalue weighted by molar-refractivity contribution is -0.144. The van der Waals surface area contributed by atoms with Crippen LogP contribution in [0.1, 0.15) is 32.6 Å². The van der Waals surface area contributed by atoms with Gasteiger partial charge >= 0.3 is 6.18 Å². The zero-order chi connectivity index (χ0) is 11.9. The normalized spacial score (nSPS) is 13.7. The first-order valence-corrected chi connectivity index (χ1v) is 4.90. The van der Waals surface area contributed by atoms with E-state index in [0.717, 1.165) is 6.42 Å². The van der Waals surface area contributed by atoms with Gasteiger partial charge in [0.25, 0.3) is 0 Å². The first-order valence-electron chi connectivity index (χ1n) is 4.90. The third kappa shape index (κ3) is 11.1. The number of nitrogens with two attached hydrogens (primary N) is 1. The van der Waals surface area contributed by atoms with E-state index in [-0.39, 0.29) is 6.04 Å². The average Bonchev–Trinajstić information content (AvgIpc) is 2.07. The Balaban J connectivity index is 3.42. The van der Waals surface area contributed by atoms with Crippen LogP contribution in [0.25, 0.3) is 0 Å². The lowest BCUT2D eigenvalue weighted by Crippen LogP contribution is -2.27. The second-order valence-electron chi connectivity index (χ2n) is 3.58. The first kappa shape index (κ1) is 14.2. The minimum atomic E-state index is -4.26. The van der Waals surface area contributed by atoms with Crippen molar-refractivity contribution in [2.24, 2.45) is 5.73 Å². The molecule has 0 aromatic heterocycles. The highest BCUT2D eigenvalue weighted by atomic mass is 19.4. The van der Waals surface area contributed by atoms with E-state index < -0.39 is 24.9 Å². The summed E-state index contributed by atoms with van der Waals surface area (Å²) in [6.07, 6.45) is -4.38. The molecular formula is C9H17F3N2O. The number of alkyl halides is 3. The molecule has 0 radical (unpaired) electrons. The molecule has 0 fully saturated rings. The zero-order valence-corrected chi connectivity index (χ0v) is 8.73. The monoisotopic (exact) mass is 226 g/mol. The van der Waals surface area contributed by atoms with Gasteiger partial charge < -0.3 is 11.1 Å². The number of amides is 1. The van der Waals surface area contributed by atoms with Gasteiger partial charge in [-0.05, 0) is 19.8 Å². The Morgan fingerprint density at radius 2 is 2.07 bits per heavy atom. The molecule has 1 unspecified atom stereocenters. The number of hydrogen-bond acceptors (Lipinski definition) is 2. The van der Waals surface area contributed by atoms with Gasteiger partial charge in [0.2, 0.25) is 5.91 Å². The Labute approximate surface area is 87.2 Å². The highest BCUT2D eigenvalue weighted by Gasteiger charge is 2.27. The van der Waals surface area contributed by atoms with E-state index in [4.69, 9.17) is 5.73 Å². The van der Waals surface area contributed by atoms with E-state index in [1.54, 1.807) is 0 Å². The summed E-state index contributed by atoms with van der Waals surface area (Å²) in [6.45, 7) is 2.23. The summed E-state index contributed by atoms with van der Waals surface area (Å²) in [6, 6.07) is 0.0528. The molecule has 0 aromatic rings. The van der Waals surface area contributed by atoms with Crippen LogP contribution in [-0.2, 0) is 4.79 Å². The van der Waals surface area contributed by atoms with Crippen molar-refractivity contribution in [2.75, 3.05) is 6.54 Å². The van der Waals surface area contributed by atoms with Crippen molar-refractivity contribution in [1.29, 1.82) is 0 Å². The minimum absolute atomic E-state index is 0.0528. The number of carbonyl (C=O) groups excluding carboxylic acids is 1. The molecule has 3 nitrogen and oxygen atoms in total. The predicted molar refractivity (Wildman–Crippen MR) is 51.2 cm³/mol. The fraction of sp³-hybridized carbons (Fsp3) is 0.889. The van der Waals surface area contributed by atoms with E-state index in [9.17, 15) is 18.0 Å². The SMILES string of the molecule is CC(N)CCCNC(=O)CCC(F)(F)F. The van der Waals surface area contributed by atoms with Crippen molar-refractivity contribution < 1.29 is 18.0 Å². The van der Waals surface area contributed by atoms with Gasteiger partial charge in [0.1, 0.15) is 0 Å². The molecule has 0 saturated carbocycles. The smallest absolute Gasteiger partial charge is 0.356 e. The molecule has 0 bridgehead atoms. The summed E-state index contributed by atoms with van der Waals surface area (Å²) in [4.78, 5) is 10.9. The number of halogens is 3. The molecule has 15 heavy (non-hydrogen) atoms. The lowest BCUT2D eigenvalue weighted by Gasteiger charge is -2.08. The summed E-state index contributed by atoms with van der Waals surface area (Å²) < 4.78 is 35.1. The molecule has 0 aromatic carbocycles.